The number of nitrogens with one attached hydrogen (secondary N) is 1. The van der Waals surface area contributed by atoms with Crippen molar-refractivity contribution >= 4 is 27.9 Å². The number of aromatic amines is 1. The zero-order valence-corrected chi connectivity index (χ0v) is 16.8. The van der Waals surface area contributed by atoms with E-state index in [4.69, 9.17) is 9.15 Å². The summed E-state index contributed by atoms with van der Waals surface area (Å²) < 4.78 is 10.6. The van der Waals surface area contributed by atoms with Crippen LogP contribution in [-0.4, -0.2) is 41.0 Å². The Bertz CT molecular complexity index is 1300. The zero-order chi connectivity index (χ0) is 20.8. The van der Waals surface area contributed by atoms with E-state index in [0.29, 0.717) is 30.0 Å². The minimum absolute atomic E-state index is 0.0307. The van der Waals surface area contributed by atoms with E-state index >= 15 is 0 Å². The Morgan fingerprint density at radius 3 is 2.83 bits per heavy atom. The van der Waals surface area contributed by atoms with Crippen molar-refractivity contribution in [2.45, 2.75) is 19.3 Å². The Morgan fingerprint density at radius 1 is 1.27 bits per heavy atom. The first-order valence-electron chi connectivity index (χ1n) is 9.86. The molecule has 0 unspecified atom stereocenters. The quantitative estimate of drug-likeness (QED) is 0.529. The van der Waals surface area contributed by atoms with E-state index in [1.807, 2.05) is 43.3 Å². The largest absolute Gasteiger partial charge is 0.497 e. The fourth-order valence-electron chi connectivity index (χ4n) is 3.99. The topological polar surface area (TPSA) is 88.4 Å². The molecule has 2 aromatic carbocycles. The lowest BCUT2D eigenvalue weighted by Gasteiger charge is -2.38. The van der Waals surface area contributed by atoms with Crippen LogP contribution < -0.4 is 10.4 Å². The summed E-state index contributed by atoms with van der Waals surface area (Å²) in [6.07, 6.45) is 0.0307. The molecule has 1 aliphatic rings. The van der Waals surface area contributed by atoms with Gasteiger partial charge in [0.1, 0.15) is 17.2 Å². The highest BCUT2D eigenvalue weighted by Gasteiger charge is 2.34. The summed E-state index contributed by atoms with van der Waals surface area (Å²) >= 11 is 0. The Labute approximate surface area is 172 Å². The van der Waals surface area contributed by atoms with Crippen LogP contribution in [0.1, 0.15) is 22.9 Å². The number of likely N-dealkylation sites (tertiary alicyclic amines) is 1. The maximum atomic E-state index is 12.8. The lowest BCUT2D eigenvalue weighted by atomic mass is 9.97. The molecule has 0 radical (unpaired) electrons. The van der Waals surface area contributed by atoms with Crippen LogP contribution in [0.15, 0.2) is 51.7 Å². The van der Waals surface area contributed by atoms with Crippen molar-refractivity contribution in [3.8, 4) is 5.75 Å². The predicted octanol–water partition coefficient (Wildman–Crippen LogP) is 3.15. The van der Waals surface area contributed by atoms with E-state index in [1.54, 1.807) is 18.1 Å². The summed E-state index contributed by atoms with van der Waals surface area (Å²) in [6.45, 7) is 3.03. The molecule has 1 N–H and O–H groups in total. The molecule has 7 heteroatoms. The van der Waals surface area contributed by atoms with E-state index < -0.39 is 5.63 Å². The van der Waals surface area contributed by atoms with Crippen LogP contribution in [0.4, 0.5) is 0 Å². The van der Waals surface area contributed by atoms with Crippen LogP contribution in [-0.2, 0) is 11.2 Å². The van der Waals surface area contributed by atoms with E-state index in [1.165, 1.54) is 0 Å². The second kappa shape index (κ2) is 7.02. The fraction of sp³-hybridized carbons (Fsp3) is 0.261. The number of rotatable bonds is 4. The SMILES string of the molecule is COc1ccc2c(C)c(CC(=O)N3CC(c4nc5ccccc5[nH]4)C3)c(=O)oc2c1. The third-order valence-corrected chi connectivity index (χ3v) is 5.85. The number of nitrogens with zero attached hydrogens (tertiary/aromatic N) is 2. The number of aromatic nitrogens is 2. The van der Waals surface area contributed by atoms with Crippen molar-refractivity contribution in [2.24, 2.45) is 0 Å². The summed E-state index contributed by atoms with van der Waals surface area (Å²) in [5.74, 6) is 1.62. The number of para-hydroxylation sites is 2. The lowest BCUT2D eigenvalue weighted by Crippen LogP contribution is -2.49. The second-order valence-corrected chi connectivity index (χ2v) is 7.67. The van der Waals surface area contributed by atoms with Gasteiger partial charge in [0.2, 0.25) is 5.91 Å². The molecule has 0 saturated carbocycles. The molecule has 0 aliphatic carbocycles. The minimum atomic E-state index is -0.476. The zero-order valence-electron chi connectivity index (χ0n) is 16.8. The van der Waals surface area contributed by atoms with Gasteiger partial charge in [0, 0.05) is 24.5 Å². The van der Waals surface area contributed by atoms with Gasteiger partial charge in [-0.05, 0) is 36.8 Å². The van der Waals surface area contributed by atoms with Gasteiger partial charge in [-0.3, -0.25) is 4.79 Å². The van der Waals surface area contributed by atoms with Crippen LogP contribution in [0.2, 0.25) is 0 Å². The first-order valence-corrected chi connectivity index (χ1v) is 9.86. The molecule has 0 spiro atoms. The third kappa shape index (κ3) is 3.03. The average Bonchev–Trinajstić information content (AvgIpc) is 3.13. The Hall–Kier alpha value is -3.61. The number of hydrogen-bond acceptors (Lipinski definition) is 5. The van der Waals surface area contributed by atoms with Crippen molar-refractivity contribution in [3.63, 3.8) is 0 Å². The highest BCUT2D eigenvalue weighted by atomic mass is 16.5. The van der Waals surface area contributed by atoms with Gasteiger partial charge >= 0.3 is 5.63 Å². The molecule has 1 aliphatic heterocycles. The van der Waals surface area contributed by atoms with Gasteiger partial charge in [0.05, 0.1) is 36.0 Å². The third-order valence-electron chi connectivity index (χ3n) is 5.85. The molecule has 0 bridgehead atoms. The highest BCUT2D eigenvalue weighted by Crippen LogP contribution is 2.28. The number of H-pyrrole nitrogens is 1. The van der Waals surface area contributed by atoms with Crippen LogP contribution in [0.3, 0.4) is 0 Å². The van der Waals surface area contributed by atoms with E-state index in [9.17, 15) is 9.59 Å². The number of ether oxygens (including phenoxy) is 1. The van der Waals surface area contributed by atoms with Crippen molar-refractivity contribution in [2.75, 3.05) is 20.2 Å². The molecular formula is C23H21N3O4. The standard InChI is InChI=1S/C23H21N3O4/c1-13-16-8-7-15(29-2)9-20(16)30-23(28)17(13)10-21(27)26-11-14(12-26)22-24-18-5-3-4-6-19(18)25-22/h3-9,14H,10-12H2,1-2H3,(H,24,25). The predicted molar refractivity (Wildman–Crippen MR) is 113 cm³/mol. The first kappa shape index (κ1) is 18.4. The fourth-order valence-corrected chi connectivity index (χ4v) is 3.99. The number of hydrogen-bond donors (Lipinski definition) is 1. The molecule has 152 valence electrons. The van der Waals surface area contributed by atoms with Gasteiger partial charge in [-0.1, -0.05) is 12.1 Å². The van der Waals surface area contributed by atoms with Crippen molar-refractivity contribution in [1.29, 1.82) is 0 Å². The van der Waals surface area contributed by atoms with Crippen LogP contribution in [0.5, 0.6) is 5.75 Å². The molecule has 5 rings (SSSR count). The monoisotopic (exact) mass is 403 g/mol. The number of carbonyl (C=O) groups is 1. The summed E-state index contributed by atoms with van der Waals surface area (Å²) in [5, 5.41) is 0.807. The molecule has 4 aromatic rings. The lowest BCUT2D eigenvalue weighted by molar-refractivity contribution is -0.135. The highest BCUT2D eigenvalue weighted by molar-refractivity contribution is 5.85. The summed E-state index contributed by atoms with van der Waals surface area (Å²) in [7, 11) is 1.56. The van der Waals surface area contributed by atoms with Crippen LogP contribution >= 0.6 is 0 Å². The normalized spacial score (nSPS) is 14.3. The molecule has 3 heterocycles. The Morgan fingerprint density at radius 2 is 2.07 bits per heavy atom. The van der Waals surface area contributed by atoms with Crippen LogP contribution in [0, 0.1) is 6.92 Å². The summed E-state index contributed by atoms with van der Waals surface area (Å²) in [6, 6.07) is 13.2. The maximum absolute atomic E-state index is 12.8. The molecule has 0 atom stereocenters. The Balaban J connectivity index is 1.32. The smallest absolute Gasteiger partial charge is 0.340 e. The number of benzene rings is 2. The number of aryl methyl sites for hydroxylation is 1. The van der Waals surface area contributed by atoms with Gasteiger partial charge < -0.3 is 19.0 Å². The number of amides is 1. The second-order valence-electron chi connectivity index (χ2n) is 7.67. The molecule has 1 saturated heterocycles. The van der Waals surface area contributed by atoms with Crippen LogP contribution in [0.25, 0.3) is 22.0 Å². The van der Waals surface area contributed by atoms with E-state index in [2.05, 4.69) is 9.97 Å². The average molecular weight is 403 g/mol. The van der Waals surface area contributed by atoms with E-state index in [-0.39, 0.29) is 18.2 Å². The summed E-state index contributed by atoms with van der Waals surface area (Å²) in [5.41, 5.74) is 3.09. The van der Waals surface area contributed by atoms with Crippen molar-refractivity contribution < 1.29 is 13.9 Å². The number of methoxy groups -OCH3 is 1. The van der Waals surface area contributed by atoms with Gasteiger partial charge in [-0.25, -0.2) is 9.78 Å². The minimum Gasteiger partial charge on any atom is -0.497 e. The number of carbonyl (C=O) groups excluding carboxylic acids is 1. The van der Waals surface area contributed by atoms with Gasteiger partial charge in [-0.15, -0.1) is 0 Å². The molecular weight excluding hydrogens is 382 g/mol. The molecule has 1 amide bonds. The van der Waals surface area contributed by atoms with Gasteiger partial charge in [0.15, 0.2) is 0 Å². The number of imidazole rings is 1. The number of fused-ring (bicyclic) bond motifs is 2. The van der Waals surface area contributed by atoms with E-state index in [0.717, 1.165) is 27.8 Å². The summed E-state index contributed by atoms with van der Waals surface area (Å²) in [4.78, 5) is 35.0. The Kier molecular flexibility index (Phi) is 4.31. The maximum Gasteiger partial charge on any atom is 0.340 e. The van der Waals surface area contributed by atoms with Gasteiger partial charge in [0.25, 0.3) is 0 Å². The molecule has 7 nitrogen and oxygen atoms in total. The molecule has 30 heavy (non-hydrogen) atoms. The molecule has 1 fully saturated rings. The van der Waals surface area contributed by atoms with Crippen molar-refractivity contribution in [3.05, 3.63) is 69.8 Å². The van der Waals surface area contributed by atoms with Gasteiger partial charge in [-0.2, -0.15) is 0 Å². The molecule has 2 aromatic heterocycles. The van der Waals surface area contributed by atoms with Crippen molar-refractivity contribution in [1.82, 2.24) is 14.9 Å². The first-order chi connectivity index (χ1) is 14.5.